The van der Waals surface area contributed by atoms with Gasteiger partial charge in [0.25, 0.3) is 0 Å². The van der Waals surface area contributed by atoms with Gasteiger partial charge in [-0.1, -0.05) is 213 Å². The van der Waals surface area contributed by atoms with Crippen molar-refractivity contribution >= 4 is 100 Å². The standard InChI is InChI=1S/C110H133N10O20PS2/c1-13-91(77-21-17-15-18-22-77)99(79-33-41-85(121)42-34-79)81-37-45-87(46-38-81)137-59-53-117(11)97(125)51-57-135-63-61-133-55-49-95(123)115-103(109(5,6)7)107(129)119-69-89(65-93(119)105(127)111-67-75-25-29-83(30-26-75)101-73(3)113-71-142-101)139-141(131,132)140-90-66-94(106(128)112-68-76-27-31-84(32-28-76)102-74(4)114-72-143-102)120(70-90)108(130)104(110(8,9)10)116-96(124)50-56-134-62-64-136-58-52-98(126)118(12)54-60-138-88-47-39-82(40-48-88)100(80-35-43-86(122)44-36-80)92(14-2)78-23-19-16-20-24-78/h15-48,71-72,89-90,93-94,103-104,121-122H,13-14,49-70H2,1-12H3,(H,111,127)(H,112,128)(H,115,123)(H,116,124)(H,131,132)/b99-91-,100-92-/t89-,90-,93+,94+,103-,104-/m1/s1. The molecule has 4 heterocycles. The normalized spacial score (nSPS) is 16.0. The summed E-state index contributed by atoms with van der Waals surface area (Å²) in [5.41, 5.74) is 17.2. The molecule has 8 aromatic carbocycles. The number of benzene rings is 8. The maximum absolute atomic E-state index is 15.3. The molecule has 0 saturated carbocycles. The van der Waals surface area contributed by atoms with E-state index in [0.717, 1.165) is 112 Å². The molecule has 0 bridgehead atoms. The highest BCUT2D eigenvalue weighted by atomic mass is 32.1. The number of hydrogen-bond donors (Lipinski definition) is 7. The molecular weight excluding hydrogens is 1880 g/mol. The number of hydrogen-bond acceptors (Lipinski definition) is 23. The van der Waals surface area contributed by atoms with Gasteiger partial charge in [-0.25, -0.2) is 14.5 Å². The molecule has 10 aromatic rings. The van der Waals surface area contributed by atoms with Gasteiger partial charge < -0.3 is 84.4 Å². The third-order valence-electron chi connectivity index (χ3n) is 25.0. The van der Waals surface area contributed by atoms with E-state index in [0.29, 0.717) is 24.6 Å². The van der Waals surface area contributed by atoms with Gasteiger partial charge in [0.05, 0.1) is 123 Å². The van der Waals surface area contributed by atoms with Gasteiger partial charge in [-0.2, -0.15) is 0 Å². The van der Waals surface area contributed by atoms with Crippen molar-refractivity contribution in [3.8, 4) is 43.9 Å². The molecule has 0 aliphatic carbocycles. The number of carbonyl (C=O) groups is 8. The van der Waals surface area contributed by atoms with Crippen LogP contribution in [0.3, 0.4) is 0 Å². The van der Waals surface area contributed by atoms with Crippen molar-refractivity contribution in [2.24, 2.45) is 10.8 Å². The number of phenolic OH excluding ortho intramolecular Hbond substituents is 2. The Hall–Kier alpha value is -12.6. The molecule has 12 rings (SSSR count). The summed E-state index contributed by atoms with van der Waals surface area (Å²) in [6.45, 7) is 19.4. The van der Waals surface area contributed by atoms with Gasteiger partial charge in [0.15, 0.2) is 0 Å². The first kappa shape index (κ1) is 109. The van der Waals surface area contributed by atoms with Gasteiger partial charge in [0.1, 0.15) is 60.4 Å². The summed E-state index contributed by atoms with van der Waals surface area (Å²) >= 11 is 3.00. The fourth-order valence-electron chi connectivity index (χ4n) is 17.1. The number of nitrogens with zero attached hydrogens (tertiary/aromatic N) is 6. The third-order valence-corrected chi connectivity index (χ3v) is 28.0. The molecule has 2 aliphatic heterocycles. The van der Waals surface area contributed by atoms with Gasteiger partial charge in [0.2, 0.25) is 47.3 Å². The summed E-state index contributed by atoms with van der Waals surface area (Å²) in [6, 6.07) is 60.4. The lowest BCUT2D eigenvalue weighted by molar-refractivity contribution is -0.144. The number of phenols is 2. The second-order valence-electron chi connectivity index (χ2n) is 37.6. The lowest BCUT2D eigenvalue weighted by Crippen LogP contribution is -2.57. The fourth-order valence-corrected chi connectivity index (χ4v) is 19.9. The lowest BCUT2D eigenvalue weighted by atomic mass is 9.85. The largest absolute Gasteiger partial charge is 0.508 e. The molecule has 760 valence electrons. The van der Waals surface area contributed by atoms with Crippen molar-refractivity contribution < 1.29 is 95.5 Å². The molecule has 7 N–H and O–H groups in total. The molecule has 143 heavy (non-hydrogen) atoms. The Balaban J connectivity index is 0.619. The smallest absolute Gasteiger partial charge is 0.472 e. The zero-order valence-corrected chi connectivity index (χ0v) is 86.0. The molecule has 2 aliphatic rings. The van der Waals surface area contributed by atoms with Crippen LogP contribution in [-0.2, 0) is 84.0 Å². The number of carbonyl (C=O) groups excluding carboxylic acids is 8. The molecule has 0 unspecified atom stereocenters. The van der Waals surface area contributed by atoms with Gasteiger partial charge in [-0.15, -0.1) is 22.7 Å². The van der Waals surface area contributed by atoms with Crippen LogP contribution in [0.4, 0.5) is 0 Å². The average molecular weight is 2010 g/mol. The van der Waals surface area contributed by atoms with Crippen LogP contribution in [0.1, 0.15) is 163 Å². The number of nitrogens with one attached hydrogen (secondary N) is 4. The quantitative estimate of drug-likeness (QED) is 0.0106. The third kappa shape index (κ3) is 31.7. The van der Waals surface area contributed by atoms with Gasteiger partial charge in [-0.05, 0) is 164 Å². The maximum Gasteiger partial charge on any atom is 0.472 e. The number of aromatic nitrogens is 2. The summed E-state index contributed by atoms with van der Waals surface area (Å²) in [6.07, 6.45) is -1.87. The van der Waals surface area contributed by atoms with Crippen LogP contribution in [0, 0.1) is 24.7 Å². The van der Waals surface area contributed by atoms with Crippen molar-refractivity contribution in [3.05, 3.63) is 273 Å². The number of ether oxygens (including phenoxy) is 6. The minimum absolute atomic E-state index is 0.0302. The van der Waals surface area contributed by atoms with E-state index < -0.39 is 104 Å². The Bertz CT molecular complexity index is 5640. The predicted octanol–water partition coefficient (Wildman–Crippen LogP) is 16.5. The van der Waals surface area contributed by atoms with Crippen molar-refractivity contribution in [1.82, 2.24) is 50.8 Å². The lowest BCUT2D eigenvalue weighted by Gasteiger charge is -2.35. The predicted molar refractivity (Wildman–Crippen MR) is 553 cm³/mol. The Kier molecular flexibility index (Phi) is 40.2. The topological polar surface area (TPSA) is 375 Å². The van der Waals surface area contributed by atoms with Crippen LogP contribution in [0.15, 0.2) is 217 Å². The molecule has 2 fully saturated rings. The number of phosphoric acid groups is 1. The summed E-state index contributed by atoms with van der Waals surface area (Å²) < 4.78 is 61.9. The van der Waals surface area contributed by atoms with Crippen LogP contribution < -0.4 is 30.7 Å². The van der Waals surface area contributed by atoms with Crippen LogP contribution in [0.5, 0.6) is 23.0 Å². The maximum atomic E-state index is 15.3. The second kappa shape index (κ2) is 52.6. The molecule has 0 radical (unpaired) electrons. The van der Waals surface area contributed by atoms with Crippen LogP contribution in [0.2, 0.25) is 0 Å². The minimum Gasteiger partial charge on any atom is -0.508 e. The number of rotatable bonds is 50. The number of aryl methyl sites for hydroxylation is 2. The number of amides is 8. The highest BCUT2D eigenvalue weighted by Crippen LogP contribution is 2.50. The number of likely N-dealkylation sites (tertiary alicyclic amines) is 2. The fraction of sp³-hybridized carbons (Fsp3) is 0.400. The molecule has 0 spiro atoms. The van der Waals surface area contributed by atoms with Crippen molar-refractivity contribution in [3.63, 3.8) is 0 Å². The van der Waals surface area contributed by atoms with Crippen LogP contribution >= 0.6 is 30.5 Å². The van der Waals surface area contributed by atoms with Crippen molar-refractivity contribution in [2.45, 2.75) is 170 Å². The molecule has 2 saturated heterocycles. The summed E-state index contributed by atoms with van der Waals surface area (Å²) in [7, 11) is -1.89. The zero-order chi connectivity index (χ0) is 102. The molecule has 30 nitrogen and oxygen atoms in total. The molecule has 8 amide bonds. The van der Waals surface area contributed by atoms with Crippen LogP contribution in [0.25, 0.3) is 43.2 Å². The average Bonchev–Trinajstić information content (AvgIpc) is 1.59. The number of allylic oxidation sites excluding steroid dienone is 2. The highest BCUT2D eigenvalue weighted by Gasteiger charge is 2.51. The van der Waals surface area contributed by atoms with Crippen molar-refractivity contribution in [2.75, 3.05) is 106 Å². The monoisotopic (exact) mass is 2010 g/mol. The van der Waals surface area contributed by atoms with Gasteiger partial charge in [-0.3, -0.25) is 47.4 Å². The number of aromatic hydroxyl groups is 2. The Morgan fingerprint density at radius 2 is 0.769 bits per heavy atom. The van der Waals surface area contributed by atoms with E-state index in [1.165, 1.54) is 32.5 Å². The Morgan fingerprint density at radius 3 is 1.08 bits per heavy atom. The van der Waals surface area contributed by atoms with E-state index in [4.69, 9.17) is 37.5 Å². The summed E-state index contributed by atoms with van der Waals surface area (Å²) in [5.74, 6) is -2.35. The Morgan fingerprint density at radius 1 is 0.441 bits per heavy atom. The number of thiazole rings is 2. The van der Waals surface area contributed by atoms with Gasteiger partial charge in [0, 0.05) is 66.0 Å². The van der Waals surface area contributed by atoms with E-state index in [2.05, 4.69) is 69.3 Å². The summed E-state index contributed by atoms with van der Waals surface area (Å²) in [5, 5.41) is 31.8. The molecule has 33 heteroatoms. The first-order chi connectivity index (χ1) is 68.6. The summed E-state index contributed by atoms with van der Waals surface area (Å²) in [4.78, 5) is 142. The molecule has 2 aromatic heterocycles. The van der Waals surface area contributed by atoms with E-state index in [-0.39, 0.29) is 141 Å². The molecular formula is C110H133N10O20PS2. The van der Waals surface area contributed by atoms with Gasteiger partial charge >= 0.3 is 7.82 Å². The zero-order valence-electron chi connectivity index (χ0n) is 83.4. The van der Waals surface area contributed by atoms with E-state index in [1.54, 1.807) is 101 Å². The number of likely N-dealkylation sites (N-methyl/N-ethyl adjacent to an activating group) is 2. The second-order valence-corrected chi connectivity index (χ2v) is 40.6. The van der Waals surface area contributed by atoms with E-state index >= 15 is 9.59 Å². The highest BCUT2D eigenvalue weighted by molar-refractivity contribution is 7.47. The minimum atomic E-state index is -5.28. The first-order valence-corrected chi connectivity index (χ1v) is 51.7. The molecule has 6 atom stereocenters. The van der Waals surface area contributed by atoms with E-state index in [1.807, 2.05) is 172 Å². The SMILES string of the molecule is CC/C(=C(\c1ccc(O)cc1)c1ccc(OCCN(C)C(=O)CCOCCOCCC(=O)N[C@H](C(=O)N2C[C@H](OP(=O)(O)O[C@@H]3C[C@@H](C(=O)NCc4ccc(-c5scnc5C)cc4)N(C(=O)[C@@H](NC(=O)CCOCCOCCC(=O)N(C)CCOc4ccc(/C(=C(/CC)c5ccccc5)c5ccc(O)cc5)cc4)C(C)(C)C)C3)C[C@H]2C(=O)NCc2ccc(-c3scnc3C)cc2)C(C)(C)C)cc1)c1ccccc1. The first-order valence-electron chi connectivity index (χ1n) is 48.5. The van der Waals surface area contributed by atoms with Crippen molar-refractivity contribution in [1.29, 1.82) is 0 Å². The number of phosphoric ester groups is 1. The van der Waals surface area contributed by atoms with Crippen LogP contribution in [-0.4, -0.2) is 235 Å². The Labute approximate surface area is 845 Å². The van der Waals surface area contributed by atoms with E-state index in [9.17, 15) is 48.4 Å².